The maximum Gasteiger partial charge on any atom is 0.223 e. The number of aliphatic hydroxyl groups excluding tert-OH is 1. The molecule has 2 aromatic rings. The summed E-state index contributed by atoms with van der Waals surface area (Å²) in [5.74, 6) is 1.22. The Kier molecular flexibility index (Phi) is 4.52. The largest absolute Gasteiger partial charge is 0.396 e. The monoisotopic (exact) mass is 338 g/mol. The number of hydrogen-bond donors (Lipinski definition) is 3. The minimum absolute atomic E-state index is 0.169. The van der Waals surface area contributed by atoms with Crippen molar-refractivity contribution in [3.05, 3.63) is 22.2 Å². The highest BCUT2D eigenvalue weighted by Crippen LogP contribution is 2.39. The fourth-order valence-electron chi connectivity index (χ4n) is 2.95. The van der Waals surface area contributed by atoms with Crippen LogP contribution in [0.3, 0.4) is 0 Å². The van der Waals surface area contributed by atoms with Gasteiger partial charge in [-0.15, -0.1) is 11.3 Å². The third-order valence-electron chi connectivity index (χ3n) is 4.11. The first kappa shape index (κ1) is 15.5. The van der Waals surface area contributed by atoms with Gasteiger partial charge in [0, 0.05) is 17.5 Å². The number of nitrogen functional groups attached to an aromatic ring is 1. The summed E-state index contributed by atoms with van der Waals surface area (Å²) < 4.78 is 0. The van der Waals surface area contributed by atoms with Gasteiger partial charge < -0.3 is 16.2 Å². The smallest absolute Gasteiger partial charge is 0.223 e. The van der Waals surface area contributed by atoms with Gasteiger partial charge in [-0.05, 0) is 49.1 Å². The molecule has 3 rings (SSSR count). The van der Waals surface area contributed by atoms with E-state index >= 15 is 0 Å². The van der Waals surface area contributed by atoms with Gasteiger partial charge in [0.15, 0.2) is 0 Å². The summed E-state index contributed by atoms with van der Waals surface area (Å²) in [6, 6.07) is 2.33. The fraction of sp³-hybridized carbons (Fsp3) is 0.467. The van der Waals surface area contributed by atoms with Crippen LogP contribution in [-0.4, -0.2) is 27.7 Å². The van der Waals surface area contributed by atoms with E-state index in [2.05, 4.69) is 15.3 Å². The van der Waals surface area contributed by atoms with Crippen molar-refractivity contribution in [1.29, 1.82) is 0 Å². The Hall–Kier alpha value is -1.37. The number of rotatable bonds is 4. The third kappa shape index (κ3) is 3.04. The maximum absolute atomic E-state index is 9.29. The summed E-state index contributed by atoms with van der Waals surface area (Å²) in [6.45, 7) is 2.28. The number of aliphatic hydroxyl groups is 1. The molecule has 0 amide bonds. The minimum atomic E-state index is 0.169. The van der Waals surface area contributed by atoms with Crippen LogP contribution in [0.2, 0.25) is 5.15 Å². The number of nitrogens with two attached hydrogens (primary N) is 1. The van der Waals surface area contributed by atoms with Gasteiger partial charge in [-0.1, -0.05) is 11.6 Å². The van der Waals surface area contributed by atoms with Crippen molar-refractivity contribution in [2.75, 3.05) is 17.7 Å². The first-order valence-electron chi connectivity index (χ1n) is 7.33. The molecule has 1 aliphatic carbocycles. The lowest BCUT2D eigenvalue weighted by molar-refractivity contribution is 0.229. The molecule has 0 aromatic carbocycles. The van der Waals surface area contributed by atoms with Crippen molar-refractivity contribution in [1.82, 2.24) is 9.97 Å². The molecule has 2 heterocycles. The standard InChI is InChI=1S/C15H19ClN4OS/c1-8-4-5-22-12(8)11-13(16)19-15(17)20-14(11)18-10-3-2-9(6-10)7-21/h4-5,9-10,21H,2-3,6-7H2,1H3,(H3,17,18,19,20)/t9-,10+/m1/s1. The molecule has 118 valence electrons. The van der Waals surface area contributed by atoms with E-state index in [1.165, 1.54) is 0 Å². The van der Waals surface area contributed by atoms with Gasteiger partial charge in [-0.2, -0.15) is 4.98 Å². The molecule has 1 aliphatic rings. The second-order valence-electron chi connectivity index (χ2n) is 5.73. The van der Waals surface area contributed by atoms with Crippen molar-refractivity contribution >= 4 is 34.7 Å². The van der Waals surface area contributed by atoms with Crippen LogP contribution in [0.25, 0.3) is 10.4 Å². The molecule has 2 atom stereocenters. The van der Waals surface area contributed by atoms with Gasteiger partial charge in [-0.3, -0.25) is 0 Å². The molecule has 0 radical (unpaired) electrons. The van der Waals surface area contributed by atoms with Gasteiger partial charge in [0.2, 0.25) is 5.95 Å². The molecule has 4 N–H and O–H groups in total. The zero-order valence-electron chi connectivity index (χ0n) is 12.3. The second-order valence-corrected chi connectivity index (χ2v) is 7.01. The van der Waals surface area contributed by atoms with Crippen LogP contribution >= 0.6 is 22.9 Å². The lowest BCUT2D eigenvalue weighted by Gasteiger charge is -2.17. The molecule has 0 bridgehead atoms. The molecule has 5 nitrogen and oxygen atoms in total. The van der Waals surface area contributed by atoms with Gasteiger partial charge in [0.1, 0.15) is 11.0 Å². The van der Waals surface area contributed by atoms with E-state index in [-0.39, 0.29) is 18.6 Å². The Labute approximate surface area is 138 Å². The molecular weight excluding hydrogens is 320 g/mol. The molecule has 7 heteroatoms. The Morgan fingerprint density at radius 1 is 1.45 bits per heavy atom. The fourth-order valence-corrected chi connectivity index (χ4v) is 4.25. The summed E-state index contributed by atoms with van der Waals surface area (Å²) in [7, 11) is 0. The number of anilines is 2. The van der Waals surface area contributed by atoms with Crippen molar-refractivity contribution in [2.24, 2.45) is 5.92 Å². The predicted molar refractivity (Wildman–Crippen MR) is 91.3 cm³/mol. The third-order valence-corrected chi connectivity index (χ3v) is 5.42. The highest BCUT2D eigenvalue weighted by atomic mass is 35.5. The Bertz CT molecular complexity index is 676. The average molecular weight is 339 g/mol. The van der Waals surface area contributed by atoms with E-state index in [4.69, 9.17) is 17.3 Å². The lowest BCUT2D eigenvalue weighted by atomic mass is 10.1. The van der Waals surface area contributed by atoms with Gasteiger partial charge >= 0.3 is 0 Å². The SMILES string of the molecule is Cc1ccsc1-c1c(Cl)nc(N)nc1N[C@H]1CC[C@@H](CO)C1. The molecular formula is C15H19ClN4OS. The summed E-state index contributed by atoms with van der Waals surface area (Å²) in [4.78, 5) is 9.52. The zero-order chi connectivity index (χ0) is 15.7. The van der Waals surface area contributed by atoms with E-state index in [0.717, 1.165) is 35.3 Å². The van der Waals surface area contributed by atoms with Gasteiger partial charge in [0.05, 0.1) is 5.56 Å². The van der Waals surface area contributed by atoms with E-state index in [9.17, 15) is 5.11 Å². The normalized spacial score (nSPS) is 21.2. The summed E-state index contributed by atoms with van der Waals surface area (Å²) in [6.07, 6.45) is 2.96. The topological polar surface area (TPSA) is 84.1 Å². The lowest BCUT2D eigenvalue weighted by Crippen LogP contribution is -2.18. The van der Waals surface area contributed by atoms with E-state index in [0.29, 0.717) is 16.9 Å². The molecule has 1 saturated carbocycles. The molecule has 2 aromatic heterocycles. The van der Waals surface area contributed by atoms with Crippen molar-refractivity contribution in [3.8, 4) is 10.4 Å². The number of nitrogens with zero attached hydrogens (tertiary/aromatic N) is 2. The Morgan fingerprint density at radius 2 is 2.27 bits per heavy atom. The van der Waals surface area contributed by atoms with Crippen LogP contribution in [0.1, 0.15) is 24.8 Å². The van der Waals surface area contributed by atoms with Crippen LogP contribution in [0.15, 0.2) is 11.4 Å². The minimum Gasteiger partial charge on any atom is -0.396 e. The first-order valence-corrected chi connectivity index (χ1v) is 8.59. The molecule has 1 fully saturated rings. The van der Waals surface area contributed by atoms with Crippen LogP contribution < -0.4 is 11.1 Å². The quantitative estimate of drug-likeness (QED) is 0.745. The van der Waals surface area contributed by atoms with Crippen molar-refractivity contribution < 1.29 is 5.11 Å². The first-order chi connectivity index (χ1) is 10.6. The van der Waals surface area contributed by atoms with E-state index < -0.39 is 0 Å². The molecule has 0 spiro atoms. The zero-order valence-corrected chi connectivity index (χ0v) is 13.9. The molecule has 22 heavy (non-hydrogen) atoms. The summed E-state index contributed by atoms with van der Waals surface area (Å²) in [5.41, 5.74) is 7.72. The van der Waals surface area contributed by atoms with Crippen molar-refractivity contribution in [2.45, 2.75) is 32.2 Å². The highest BCUT2D eigenvalue weighted by Gasteiger charge is 2.26. The van der Waals surface area contributed by atoms with Crippen LogP contribution in [0, 0.1) is 12.8 Å². The summed E-state index contributed by atoms with van der Waals surface area (Å²) >= 11 is 7.95. The Balaban J connectivity index is 1.95. The number of aryl methyl sites for hydroxylation is 1. The van der Waals surface area contributed by atoms with Crippen molar-refractivity contribution in [3.63, 3.8) is 0 Å². The second kappa shape index (κ2) is 6.40. The molecule has 0 saturated heterocycles. The summed E-state index contributed by atoms with van der Waals surface area (Å²) in [5, 5.41) is 15.1. The predicted octanol–water partition coefficient (Wildman–Crippen LogP) is 3.32. The Morgan fingerprint density at radius 3 is 2.91 bits per heavy atom. The van der Waals surface area contributed by atoms with Gasteiger partial charge in [-0.25, -0.2) is 4.98 Å². The number of thiophene rings is 1. The number of hydrogen-bond acceptors (Lipinski definition) is 6. The van der Waals surface area contributed by atoms with Crippen LogP contribution in [0.5, 0.6) is 0 Å². The van der Waals surface area contributed by atoms with E-state index in [1.807, 2.05) is 18.4 Å². The van der Waals surface area contributed by atoms with Crippen LogP contribution in [-0.2, 0) is 0 Å². The van der Waals surface area contributed by atoms with Gasteiger partial charge in [0.25, 0.3) is 0 Å². The van der Waals surface area contributed by atoms with E-state index in [1.54, 1.807) is 11.3 Å². The van der Waals surface area contributed by atoms with Crippen LogP contribution in [0.4, 0.5) is 11.8 Å². The average Bonchev–Trinajstić information content (AvgIpc) is 3.08. The number of nitrogens with one attached hydrogen (secondary N) is 1. The number of aromatic nitrogens is 2. The molecule has 0 unspecified atom stereocenters. The molecule has 0 aliphatic heterocycles. The number of halogens is 1. The maximum atomic E-state index is 9.29. The highest BCUT2D eigenvalue weighted by molar-refractivity contribution is 7.13.